The highest BCUT2D eigenvalue weighted by Gasteiger charge is 2.04. The molecule has 0 aliphatic rings. The summed E-state index contributed by atoms with van der Waals surface area (Å²) >= 11 is 1.55. The third-order valence-corrected chi connectivity index (χ3v) is 2.87. The van der Waals surface area contributed by atoms with Gasteiger partial charge in [0.15, 0.2) is 0 Å². The van der Waals surface area contributed by atoms with Crippen molar-refractivity contribution in [2.75, 3.05) is 18.8 Å². The van der Waals surface area contributed by atoms with Gasteiger partial charge in [-0.1, -0.05) is 6.92 Å². The Morgan fingerprint density at radius 1 is 1.60 bits per heavy atom. The number of hydrogen-bond acceptors (Lipinski definition) is 5. The van der Waals surface area contributed by atoms with Crippen molar-refractivity contribution < 1.29 is 5.11 Å². The maximum absolute atomic E-state index is 9.61. The molecule has 1 heterocycles. The first-order chi connectivity index (χ1) is 7.33. The predicted molar refractivity (Wildman–Crippen MR) is 61.9 cm³/mol. The molecule has 0 aliphatic heterocycles. The van der Waals surface area contributed by atoms with E-state index in [4.69, 9.17) is 0 Å². The van der Waals surface area contributed by atoms with Gasteiger partial charge in [0.1, 0.15) is 6.33 Å². The lowest BCUT2D eigenvalue weighted by atomic mass is 10.4. The van der Waals surface area contributed by atoms with Crippen molar-refractivity contribution in [1.29, 1.82) is 0 Å². The molecule has 1 rings (SSSR count). The van der Waals surface area contributed by atoms with Gasteiger partial charge in [-0.25, -0.2) is 9.97 Å². The maximum Gasteiger partial charge on any atom is 0.116 e. The van der Waals surface area contributed by atoms with Gasteiger partial charge in [-0.15, -0.1) is 11.8 Å². The largest absolute Gasteiger partial charge is 0.391 e. The number of aliphatic hydroxyl groups excluding tert-OH is 1. The summed E-state index contributed by atoms with van der Waals surface area (Å²) in [6.07, 6.45) is 3.99. The molecule has 0 amide bonds. The smallest absolute Gasteiger partial charge is 0.116 e. The first-order valence-electron chi connectivity index (χ1n) is 5.10. The van der Waals surface area contributed by atoms with Crippen LogP contribution in [0.25, 0.3) is 0 Å². The Morgan fingerprint density at radius 2 is 2.47 bits per heavy atom. The van der Waals surface area contributed by atoms with Gasteiger partial charge in [-0.05, 0) is 19.0 Å². The fraction of sp³-hybridized carbons (Fsp3) is 0.600. The van der Waals surface area contributed by atoms with E-state index in [0.717, 1.165) is 18.0 Å². The Balaban J connectivity index is 2.14. The molecule has 0 aliphatic carbocycles. The van der Waals surface area contributed by atoms with E-state index >= 15 is 0 Å². The third-order valence-electron chi connectivity index (χ3n) is 1.79. The molecule has 0 bridgehead atoms. The molecule has 15 heavy (non-hydrogen) atoms. The fourth-order valence-electron chi connectivity index (χ4n) is 1.05. The van der Waals surface area contributed by atoms with Crippen LogP contribution in [0.15, 0.2) is 23.6 Å². The number of rotatable bonds is 7. The zero-order chi connectivity index (χ0) is 10.9. The van der Waals surface area contributed by atoms with Crippen molar-refractivity contribution in [3.05, 3.63) is 18.6 Å². The number of thioether (sulfide) groups is 1. The van der Waals surface area contributed by atoms with Gasteiger partial charge in [-0.3, -0.25) is 0 Å². The molecule has 0 saturated carbocycles. The van der Waals surface area contributed by atoms with E-state index < -0.39 is 0 Å². The minimum Gasteiger partial charge on any atom is -0.391 e. The molecule has 1 atom stereocenters. The Kier molecular flexibility index (Phi) is 6.31. The number of aromatic nitrogens is 2. The summed E-state index contributed by atoms with van der Waals surface area (Å²) in [7, 11) is 0. The van der Waals surface area contributed by atoms with E-state index in [-0.39, 0.29) is 6.10 Å². The van der Waals surface area contributed by atoms with Gasteiger partial charge in [0.2, 0.25) is 0 Å². The van der Waals surface area contributed by atoms with Crippen LogP contribution in [0.5, 0.6) is 0 Å². The molecule has 2 N–H and O–H groups in total. The minimum atomic E-state index is -0.323. The van der Waals surface area contributed by atoms with E-state index in [1.165, 1.54) is 6.33 Å². The monoisotopic (exact) mass is 227 g/mol. The summed E-state index contributed by atoms with van der Waals surface area (Å²) in [5.41, 5.74) is 0. The molecule has 0 spiro atoms. The van der Waals surface area contributed by atoms with Gasteiger partial charge >= 0.3 is 0 Å². The topological polar surface area (TPSA) is 58.0 Å². The standard InChI is InChI=1S/C10H17N3OS/c1-2-4-11-6-9(14)7-15-10-3-5-12-8-13-10/h3,5,8-9,11,14H,2,4,6-7H2,1H3. The summed E-state index contributed by atoms with van der Waals surface area (Å²) < 4.78 is 0. The molecule has 0 fully saturated rings. The predicted octanol–water partition coefficient (Wildman–Crippen LogP) is 0.929. The van der Waals surface area contributed by atoms with E-state index in [1.54, 1.807) is 18.0 Å². The summed E-state index contributed by atoms with van der Waals surface area (Å²) in [6.45, 7) is 3.70. The lowest BCUT2D eigenvalue weighted by molar-refractivity contribution is 0.196. The zero-order valence-electron chi connectivity index (χ0n) is 8.89. The molecule has 5 heteroatoms. The quantitative estimate of drug-likeness (QED) is 0.412. The Labute approximate surface area is 94.5 Å². The van der Waals surface area contributed by atoms with Gasteiger partial charge in [0.25, 0.3) is 0 Å². The van der Waals surface area contributed by atoms with E-state index in [2.05, 4.69) is 22.2 Å². The van der Waals surface area contributed by atoms with Gasteiger partial charge in [0, 0.05) is 18.5 Å². The Hall–Kier alpha value is -0.650. The highest BCUT2D eigenvalue weighted by molar-refractivity contribution is 7.99. The molecule has 4 nitrogen and oxygen atoms in total. The van der Waals surface area contributed by atoms with Crippen molar-refractivity contribution >= 4 is 11.8 Å². The first kappa shape index (κ1) is 12.4. The van der Waals surface area contributed by atoms with E-state index in [0.29, 0.717) is 12.3 Å². The second-order valence-corrected chi connectivity index (χ2v) is 4.26. The van der Waals surface area contributed by atoms with Gasteiger partial charge in [-0.2, -0.15) is 0 Å². The highest BCUT2D eigenvalue weighted by Crippen LogP contribution is 2.13. The summed E-state index contributed by atoms with van der Waals surface area (Å²) in [5.74, 6) is 0.660. The molecule has 0 saturated heterocycles. The van der Waals surface area contributed by atoms with Crippen LogP contribution in [0.1, 0.15) is 13.3 Å². The maximum atomic E-state index is 9.61. The van der Waals surface area contributed by atoms with Gasteiger partial charge in [0.05, 0.1) is 11.1 Å². The van der Waals surface area contributed by atoms with E-state index in [1.807, 2.05) is 6.07 Å². The first-order valence-corrected chi connectivity index (χ1v) is 6.09. The molecule has 84 valence electrons. The van der Waals surface area contributed by atoms with Crippen molar-refractivity contribution in [2.45, 2.75) is 24.5 Å². The molecule has 1 unspecified atom stereocenters. The Bertz CT molecular complexity index is 258. The summed E-state index contributed by atoms with van der Waals surface area (Å²) in [6, 6.07) is 1.84. The van der Waals surface area contributed by atoms with Crippen LogP contribution in [0.4, 0.5) is 0 Å². The summed E-state index contributed by atoms with van der Waals surface area (Å²) in [5, 5.41) is 13.7. The molecule has 1 aromatic rings. The minimum absolute atomic E-state index is 0.323. The van der Waals surface area contributed by atoms with Crippen LogP contribution < -0.4 is 5.32 Å². The molecule has 1 aromatic heterocycles. The SMILES string of the molecule is CCCNCC(O)CSc1ccncn1. The van der Waals surface area contributed by atoms with Crippen LogP contribution in [0, 0.1) is 0 Å². The lowest BCUT2D eigenvalue weighted by Crippen LogP contribution is -2.28. The second kappa shape index (κ2) is 7.62. The second-order valence-electron chi connectivity index (χ2n) is 3.22. The van der Waals surface area contributed by atoms with Crippen LogP contribution >= 0.6 is 11.8 Å². The molecule has 0 radical (unpaired) electrons. The average molecular weight is 227 g/mol. The van der Waals surface area contributed by atoms with Crippen molar-refractivity contribution in [2.24, 2.45) is 0 Å². The van der Waals surface area contributed by atoms with Crippen LogP contribution in [-0.4, -0.2) is 40.0 Å². The average Bonchev–Trinajstić information content (AvgIpc) is 2.28. The lowest BCUT2D eigenvalue weighted by Gasteiger charge is -2.10. The van der Waals surface area contributed by atoms with Crippen molar-refractivity contribution in [3.63, 3.8) is 0 Å². The van der Waals surface area contributed by atoms with Crippen molar-refractivity contribution in [3.8, 4) is 0 Å². The third kappa shape index (κ3) is 5.71. The summed E-state index contributed by atoms with van der Waals surface area (Å²) in [4.78, 5) is 7.90. The molecular weight excluding hydrogens is 210 g/mol. The van der Waals surface area contributed by atoms with Crippen LogP contribution in [0.3, 0.4) is 0 Å². The number of nitrogens with one attached hydrogen (secondary N) is 1. The van der Waals surface area contributed by atoms with Crippen LogP contribution in [0.2, 0.25) is 0 Å². The highest BCUT2D eigenvalue weighted by atomic mass is 32.2. The Morgan fingerprint density at radius 3 is 3.13 bits per heavy atom. The number of hydrogen-bond donors (Lipinski definition) is 2. The van der Waals surface area contributed by atoms with Gasteiger partial charge < -0.3 is 10.4 Å². The van der Waals surface area contributed by atoms with Crippen molar-refractivity contribution in [1.82, 2.24) is 15.3 Å². The zero-order valence-corrected chi connectivity index (χ0v) is 9.70. The molecule has 0 aromatic carbocycles. The fourth-order valence-corrected chi connectivity index (χ4v) is 1.81. The van der Waals surface area contributed by atoms with Crippen LogP contribution in [-0.2, 0) is 0 Å². The number of aliphatic hydroxyl groups is 1. The normalized spacial score (nSPS) is 12.7. The molecular formula is C10H17N3OS. The van der Waals surface area contributed by atoms with E-state index in [9.17, 15) is 5.11 Å². The number of nitrogens with zero attached hydrogens (tertiary/aromatic N) is 2.